The van der Waals surface area contributed by atoms with Gasteiger partial charge in [-0.15, -0.1) is 0 Å². The largest absolute Gasteiger partial charge is 0.491 e. The van der Waals surface area contributed by atoms with Gasteiger partial charge in [0.15, 0.2) is 10.9 Å². The van der Waals surface area contributed by atoms with E-state index in [-0.39, 0.29) is 23.2 Å². The van der Waals surface area contributed by atoms with Gasteiger partial charge in [0.25, 0.3) is 5.19 Å². The summed E-state index contributed by atoms with van der Waals surface area (Å²) in [6.07, 6.45) is 0.104. The third kappa shape index (κ3) is 5.02. The van der Waals surface area contributed by atoms with E-state index in [0.29, 0.717) is 27.3 Å². The van der Waals surface area contributed by atoms with Crippen molar-refractivity contribution in [2.75, 3.05) is 0 Å². The monoisotopic (exact) mass is 421 g/mol. The van der Waals surface area contributed by atoms with Crippen LogP contribution in [0.5, 0.6) is 16.7 Å². The van der Waals surface area contributed by atoms with Gasteiger partial charge in [-0.3, -0.25) is 4.79 Å². The molecule has 3 aromatic rings. The third-order valence-electron chi connectivity index (χ3n) is 3.57. The molecule has 0 saturated heterocycles. The maximum atomic E-state index is 11.2. The maximum absolute atomic E-state index is 11.2. The molecule has 1 unspecified atom stereocenters. The van der Waals surface area contributed by atoms with Crippen LogP contribution in [0.3, 0.4) is 0 Å². The number of carbonyl (C=O) groups excluding carboxylic acids is 1. The molecule has 148 valence electrons. The van der Waals surface area contributed by atoms with Crippen LogP contribution in [0.1, 0.15) is 39.5 Å². The minimum Gasteiger partial charge on any atom is -0.491 e. The van der Waals surface area contributed by atoms with Crippen molar-refractivity contribution in [2.45, 2.75) is 39.8 Å². The minimum atomic E-state index is -0.298. The molecule has 2 heterocycles. The summed E-state index contributed by atoms with van der Waals surface area (Å²) in [6, 6.07) is 8.69. The fourth-order valence-electron chi connectivity index (χ4n) is 2.42. The van der Waals surface area contributed by atoms with Gasteiger partial charge < -0.3 is 19.3 Å². The SMILES string of the molecule is CC(=O)NC(C)c1cc(-c2sc(Oc3ccc(OC(C)C)cc3)nc2Cl)no1. The first-order chi connectivity index (χ1) is 13.3. The van der Waals surface area contributed by atoms with Gasteiger partial charge in [-0.25, -0.2) is 0 Å². The van der Waals surface area contributed by atoms with Gasteiger partial charge in [0.2, 0.25) is 5.91 Å². The molecule has 0 aliphatic heterocycles. The van der Waals surface area contributed by atoms with Gasteiger partial charge in [0, 0.05) is 13.0 Å². The number of ether oxygens (including phenoxy) is 2. The average molecular weight is 422 g/mol. The van der Waals surface area contributed by atoms with Crippen molar-refractivity contribution in [3.05, 3.63) is 41.2 Å². The highest BCUT2D eigenvalue weighted by Crippen LogP contribution is 2.39. The smallest absolute Gasteiger partial charge is 0.280 e. The summed E-state index contributed by atoms with van der Waals surface area (Å²) in [4.78, 5) is 16.0. The molecule has 1 aromatic carbocycles. The molecule has 2 aromatic heterocycles. The first-order valence-corrected chi connectivity index (χ1v) is 9.86. The molecule has 7 nitrogen and oxygen atoms in total. The fourth-order valence-corrected chi connectivity index (χ4v) is 3.54. The highest BCUT2D eigenvalue weighted by molar-refractivity contribution is 7.17. The number of benzene rings is 1. The summed E-state index contributed by atoms with van der Waals surface area (Å²) < 4.78 is 16.7. The summed E-state index contributed by atoms with van der Waals surface area (Å²) in [7, 11) is 0. The van der Waals surface area contributed by atoms with Crippen LogP contribution in [0.15, 0.2) is 34.9 Å². The van der Waals surface area contributed by atoms with Crippen molar-refractivity contribution >= 4 is 28.8 Å². The summed E-state index contributed by atoms with van der Waals surface area (Å²) in [6.45, 7) is 7.19. The second-order valence-corrected chi connectivity index (χ2v) is 7.70. The molecule has 0 fully saturated rings. The lowest BCUT2D eigenvalue weighted by molar-refractivity contribution is -0.119. The Morgan fingerprint density at radius 2 is 1.89 bits per heavy atom. The van der Waals surface area contributed by atoms with Gasteiger partial charge in [0.05, 0.1) is 17.0 Å². The minimum absolute atomic E-state index is 0.104. The van der Waals surface area contributed by atoms with E-state index >= 15 is 0 Å². The van der Waals surface area contributed by atoms with Gasteiger partial charge in [-0.1, -0.05) is 28.1 Å². The van der Waals surface area contributed by atoms with Crippen LogP contribution < -0.4 is 14.8 Å². The van der Waals surface area contributed by atoms with E-state index in [0.717, 1.165) is 5.75 Å². The molecule has 9 heteroatoms. The molecule has 0 aliphatic carbocycles. The molecule has 0 bridgehead atoms. The van der Waals surface area contributed by atoms with E-state index < -0.39 is 0 Å². The third-order valence-corrected chi connectivity index (χ3v) is 4.92. The molecule has 0 saturated carbocycles. The highest BCUT2D eigenvalue weighted by Gasteiger charge is 2.19. The molecule has 1 amide bonds. The Morgan fingerprint density at radius 3 is 2.54 bits per heavy atom. The Labute approximate surface area is 171 Å². The first-order valence-electron chi connectivity index (χ1n) is 8.67. The number of hydrogen-bond donors (Lipinski definition) is 1. The van der Waals surface area contributed by atoms with Crippen LogP contribution in [0.25, 0.3) is 10.6 Å². The summed E-state index contributed by atoms with van der Waals surface area (Å²) in [5.41, 5.74) is 0.533. The molecule has 3 rings (SSSR count). The fraction of sp³-hybridized carbons (Fsp3) is 0.316. The number of halogens is 1. The van der Waals surface area contributed by atoms with Crippen LogP contribution in [0, 0.1) is 0 Å². The van der Waals surface area contributed by atoms with Crippen LogP contribution >= 0.6 is 22.9 Å². The number of carbonyl (C=O) groups is 1. The maximum Gasteiger partial charge on any atom is 0.280 e. The molecule has 1 atom stereocenters. The molecule has 1 N–H and O–H groups in total. The summed E-state index contributed by atoms with van der Waals surface area (Å²) >= 11 is 7.50. The van der Waals surface area contributed by atoms with E-state index in [1.807, 2.05) is 26.0 Å². The van der Waals surface area contributed by atoms with E-state index in [1.54, 1.807) is 25.1 Å². The zero-order valence-electron chi connectivity index (χ0n) is 15.9. The Hall–Kier alpha value is -2.58. The number of nitrogens with zero attached hydrogens (tertiary/aromatic N) is 2. The van der Waals surface area contributed by atoms with Crippen LogP contribution in [0.4, 0.5) is 0 Å². The van der Waals surface area contributed by atoms with Crippen LogP contribution in [-0.4, -0.2) is 22.2 Å². The average Bonchev–Trinajstić information content (AvgIpc) is 3.22. The van der Waals surface area contributed by atoms with E-state index in [2.05, 4.69) is 15.5 Å². The zero-order chi connectivity index (χ0) is 20.3. The van der Waals surface area contributed by atoms with Crippen LogP contribution in [-0.2, 0) is 4.79 Å². The zero-order valence-corrected chi connectivity index (χ0v) is 17.4. The predicted molar refractivity (Wildman–Crippen MR) is 107 cm³/mol. The topological polar surface area (TPSA) is 86.5 Å². The highest BCUT2D eigenvalue weighted by atomic mass is 35.5. The van der Waals surface area contributed by atoms with Gasteiger partial charge in [-0.2, -0.15) is 4.98 Å². The number of hydrogen-bond acceptors (Lipinski definition) is 7. The Kier molecular flexibility index (Phi) is 6.21. The number of thiazole rings is 1. The number of nitrogens with one attached hydrogen (secondary N) is 1. The van der Waals surface area contributed by atoms with Gasteiger partial charge in [-0.05, 0) is 45.0 Å². The van der Waals surface area contributed by atoms with Crippen molar-refractivity contribution < 1.29 is 18.8 Å². The van der Waals surface area contributed by atoms with Crippen molar-refractivity contribution in [1.82, 2.24) is 15.5 Å². The number of rotatable bonds is 7. The van der Waals surface area contributed by atoms with E-state index in [4.69, 9.17) is 25.6 Å². The normalized spacial score (nSPS) is 12.1. The lowest BCUT2D eigenvalue weighted by atomic mass is 10.2. The standard InChI is InChI=1S/C19H20ClN3O4S/c1-10(2)25-13-5-7-14(8-6-13)26-19-22-18(20)17(28-19)15-9-16(27-23-15)11(3)21-12(4)24/h5-11H,1-4H3,(H,21,24). The number of amides is 1. The van der Waals surface area contributed by atoms with Crippen molar-refractivity contribution in [3.63, 3.8) is 0 Å². The van der Waals surface area contributed by atoms with Crippen molar-refractivity contribution in [1.29, 1.82) is 0 Å². The molecule has 0 aliphatic rings. The Bertz CT molecular complexity index is 953. The van der Waals surface area contributed by atoms with Crippen molar-refractivity contribution in [2.24, 2.45) is 0 Å². The lowest BCUT2D eigenvalue weighted by Gasteiger charge is -2.09. The van der Waals surface area contributed by atoms with Gasteiger partial charge in [0.1, 0.15) is 17.2 Å². The second kappa shape index (κ2) is 8.62. The summed E-state index contributed by atoms with van der Waals surface area (Å²) in [5, 5.41) is 7.42. The van der Waals surface area contributed by atoms with Crippen LogP contribution in [0.2, 0.25) is 5.15 Å². The first kappa shape index (κ1) is 20.2. The van der Waals surface area contributed by atoms with Gasteiger partial charge >= 0.3 is 0 Å². The van der Waals surface area contributed by atoms with E-state index in [1.165, 1.54) is 18.3 Å². The molecule has 0 radical (unpaired) electrons. The molecule has 0 spiro atoms. The van der Waals surface area contributed by atoms with E-state index in [9.17, 15) is 4.79 Å². The lowest BCUT2D eigenvalue weighted by Crippen LogP contribution is -2.23. The predicted octanol–water partition coefficient (Wildman–Crippen LogP) is 5.23. The van der Waals surface area contributed by atoms with Crippen molar-refractivity contribution in [3.8, 4) is 27.3 Å². The number of aromatic nitrogens is 2. The molecule has 28 heavy (non-hydrogen) atoms. The Balaban J connectivity index is 1.73. The quantitative estimate of drug-likeness (QED) is 0.562. The molecular formula is C19H20ClN3O4S. The molecular weight excluding hydrogens is 402 g/mol. The Morgan fingerprint density at radius 1 is 1.21 bits per heavy atom. The second-order valence-electron chi connectivity index (χ2n) is 6.38. The summed E-state index contributed by atoms with van der Waals surface area (Å²) in [5.74, 6) is 1.76.